The maximum absolute atomic E-state index is 12.2. The van der Waals surface area contributed by atoms with E-state index in [2.05, 4.69) is 28.4 Å². The van der Waals surface area contributed by atoms with Gasteiger partial charge in [-0.15, -0.1) is 0 Å². The van der Waals surface area contributed by atoms with E-state index in [9.17, 15) is 4.79 Å². The van der Waals surface area contributed by atoms with Crippen LogP contribution in [0.1, 0.15) is 24.0 Å². The van der Waals surface area contributed by atoms with Crippen LogP contribution >= 0.6 is 0 Å². The molecule has 0 radical (unpaired) electrons. The number of nitriles is 1. The first kappa shape index (κ1) is 19.5. The van der Waals surface area contributed by atoms with E-state index in [1.54, 1.807) is 19.1 Å². The molecule has 1 atom stereocenters. The lowest BCUT2D eigenvalue weighted by molar-refractivity contribution is -0.130. The smallest absolute Gasteiger partial charge is 0.237 e. The van der Waals surface area contributed by atoms with Crippen molar-refractivity contribution in [3.63, 3.8) is 0 Å². The molecule has 1 aromatic rings. The molecule has 1 N–H and O–H groups in total. The number of amides is 1. The highest BCUT2D eigenvalue weighted by atomic mass is 16.5. The second-order valence-electron chi connectivity index (χ2n) is 7.05. The lowest BCUT2D eigenvalue weighted by Crippen LogP contribution is -2.42. The number of ether oxygens (including phenoxy) is 2. The lowest BCUT2D eigenvalue weighted by atomic mass is 9.99. The van der Waals surface area contributed by atoms with Gasteiger partial charge in [-0.1, -0.05) is 0 Å². The minimum atomic E-state index is -0.245. The molecule has 2 aliphatic rings. The van der Waals surface area contributed by atoms with E-state index >= 15 is 0 Å². The van der Waals surface area contributed by atoms with Gasteiger partial charge in [0, 0.05) is 32.7 Å². The van der Waals surface area contributed by atoms with Gasteiger partial charge in [0.05, 0.1) is 26.8 Å². The lowest BCUT2D eigenvalue weighted by Gasteiger charge is -2.29. The van der Waals surface area contributed by atoms with Crippen molar-refractivity contribution in [2.45, 2.75) is 31.8 Å². The highest BCUT2D eigenvalue weighted by molar-refractivity contribution is 5.79. The predicted molar refractivity (Wildman–Crippen MR) is 102 cm³/mol. The Labute approximate surface area is 160 Å². The molecule has 7 heteroatoms. The number of hydrogen-bond donors (Lipinski definition) is 1. The van der Waals surface area contributed by atoms with Crippen LogP contribution in [0.15, 0.2) is 12.1 Å². The number of benzene rings is 1. The Morgan fingerprint density at radius 1 is 1.26 bits per heavy atom. The molecule has 0 bridgehead atoms. The molecule has 1 amide bonds. The summed E-state index contributed by atoms with van der Waals surface area (Å²) >= 11 is 0. The minimum absolute atomic E-state index is 0.0277. The van der Waals surface area contributed by atoms with E-state index in [1.165, 1.54) is 11.1 Å². The van der Waals surface area contributed by atoms with Gasteiger partial charge in [0.1, 0.15) is 6.04 Å². The molecule has 0 spiro atoms. The van der Waals surface area contributed by atoms with Crippen LogP contribution in [0.4, 0.5) is 0 Å². The van der Waals surface area contributed by atoms with Crippen LogP contribution in [0, 0.1) is 11.3 Å². The standard InChI is InChI=1S/C20H28N4O3/c1-26-18-10-15-5-8-23(14-16(15)11-19(18)27-2)9-6-22-13-20(25)24-7-3-4-17(24)12-21/h10-11,17,22H,3-9,13-14H2,1-2H3/t17-/m0/s1. The van der Waals surface area contributed by atoms with Crippen molar-refractivity contribution < 1.29 is 14.3 Å². The van der Waals surface area contributed by atoms with E-state index in [4.69, 9.17) is 14.7 Å². The van der Waals surface area contributed by atoms with Gasteiger partial charge in [-0.2, -0.15) is 5.26 Å². The summed E-state index contributed by atoms with van der Waals surface area (Å²) in [5.74, 6) is 1.57. The summed E-state index contributed by atoms with van der Waals surface area (Å²) in [7, 11) is 3.32. The van der Waals surface area contributed by atoms with Crippen LogP contribution < -0.4 is 14.8 Å². The molecule has 0 unspecified atom stereocenters. The van der Waals surface area contributed by atoms with Crippen LogP contribution in [0.5, 0.6) is 11.5 Å². The summed E-state index contributed by atoms with van der Waals surface area (Å²) in [5.41, 5.74) is 2.58. The summed E-state index contributed by atoms with van der Waals surface area (Å²) in [5, 5.41) is 12.3. The van der Waals surface area contributed by atoms with Crippen molar-refractivity contribution in [1.82, 2.24) is 15.1 Å². The van der Waals surface area contributed by atoms with Gasteiger partial charge in [0.15, 0.2) is 11.5 Å². The van der Waals surface area contributed by atoms with E-state index in [0.29, 0.717) is 13.1 Å². The second-order valence-corrected chi connectivity index (χ2v) is 7.05. The Morgan fingerprint density at radius 2 is 2.00 bits per heavy atom. The van der Waals surface area contributed by atoms with Crippen LogP contribution in [0.3, 0.4) is 0 Å². The Morgan fingerprint density at radius 3 is 2.70 bits per heavy atom. The largest absolute Gasteiger partial charge is 0.493 e. The third kappa shape index (κ3) is 4.52. The number of carbonyl (C=O) groups excluding carboxylic acids is 1. The molecule has 1 saturated heterocycles. The summed E-state index contributed by atoms with van der Waals surface area (Å²) in [6.07, 6.45) is 2.70. The van der Waals surface area contributed by atoms with E-state index in [1.807, 2.05) is 0 Å². The van der Waals surface area contributed by atoms with Gasteiger partial charge in [-0.25, -0.2) is 0 Å². The third-order valence-corrected chi connectivity index (χ3v) is 5.40. The molecule has 146 valence electrons. The van der Waals surface area contributed by atoms with E-state index in [-0.39, 0.29) is 11.9 Å². The number of nitrogens with one attached hydrogen (secondary N) is 1. The highest BCUT2D eigenvalue weighted by Crippen LogP contribution is 2.33. The monoisotopic (exact) mass is 372 g/mol. The summed E-state index contributed by atoms with van der Waals surface area (Å²) in [4.78, 5) is 16.3. The highest BCUT2D eigenvalue weighted by Gasteiger charge is 2.28. The average Bonchev–Trinajstić information content (AvgIpc) is 3.18. The predicted octanol–water partition coefficient (Wildman–Crippen LogP) is 1.17. The number of hydrogen-bond acceptors (Lipinski definition) is 6. The molecule has 2 aliphatic heterocycles. The summed E-state index contributed by atoms with van der Waals surface area (Å²) < 4.78 is 10.8. The Bertz CT molecular complexity index is 716. The summed E-state index contributed by atoms with van der Waals surface area (Å²) in [6.45, 7) is 4.48. The average molecular weight is 372 g/mol. The van der Waals surface area contributed by atoms with Crippen molar-refractivity contribution in [3.8, 4) is 17.6 Å². The molecule has 3 rings (SSSR count). The van der Waals surface area contributed by atoms with Gasteiger partial charge >= 0.3 is 0 Å². The Kier molecular flexibility index (Phi) is 6.54. The number of methoxy groups -OCH3 is 2. The summed E-state index contributed by atoms with van der Waals surface area (Å²) in [6, 6.07) is 6.10. The molecule has 0 aliphatic carbocycles. The molecule has 1 aromatic carbocycles. The molecular weight excluding hydrogens is 344 g/mol. The fraction of sp³-hybridized carbons (Fsp3) is 0.600. The quantitative estimate of drug-likeness (QED) is 0.724. The Balaban J connectivity index is 1.45. The first-order valence-electron chi connectivity index (χ1n) is 9.52. The number of likely N-dealkylation sites (tertiary alicyclic amines) is 1. The molecular formula is C20H28N4O3. The molecule has 7 nitrogen and oxygen atoms in total. The van der Waals surface area contributed by atoms with Gasteiger partial charge in [-0.05, 0) is 42.5 Å². The van der Waals surface area contributed by atoms with E-state index < -0.39 is 0 Å². The van der Waals surface area contributed by atoms with Crippen molar-refractivity contribution in [3.05, 3.63) is 23.3 Å². The van der Waals surface area contributed by atoms with Gasteiger partial charge in [-0.3, -0.25) is 9.69 Å². The number of carbonyl (C=O) groups is 1. The SMILES string of the molecule is COc1cc2c(cc1OC)CN(CCNCC(=O)N1CCC[C@H]1C#N)CC2. The van der Waals surface area contributed by atoms with Crippen molar-refractivity contribution in [1.29, 1.82) is 5.26 Å². The van der Waals surface area contributed by atoms with Gasteiger partial charge in [0.25, 0.3) is 0 Å². The van der Waals surface area contributed by atoms with Gasteiger partial charge < -0.3 is 19.7 Å². The number of fused-ring (bicyclic) bond motifs is 1. The first-order chi connectivity index (χ1) is 13.2. The maximum Gasteiger partial charge on any atom is 0.237 e. The van der Waals surface area contributed by atoms with Crippen LogP contribution in [0.2, 0.25) is 0 Å². The van der Waals surface area contributed by atoms with Crippen molar-refractivity contribution in [2.24, 2.45) is 0 Å². The third-order valence-electron chi connectivity index (χ3n) is 5.40. The number of nitrogens with zero attached hydrogens (tertiary/aromatic N) is 3. The molecule has 2 heterocycles. The molecule has 0 saturated carbocycles. The van der Waals surface area contributed by atoms with Crippen LogP contribution in [-0.2, 0) is 17.8 Å². The van der Waals surface area contributed by atoms with E-state index in [0.717, 1.165) is 56.9 Å². The fourth-order valence-corrected chi connectivity index (χ4v) is 3.87. The zero-order valence-electron chi connectivity index (χ0n) is 16.2. The van der Waals surface area contributed by atoms with Crippen molar-refractivity contribution in [2.75, 3.05) is 46.9 Å². The van der Waals surface area contributed by atoms with Gasteiger partial charge in [0.2, 0.25) is 5.91 Å². The first-order valence-corrected chi connectivity index (χ1v) is 9.52. The van der Waals surface area contributed by atoms with Crippen LogP contribution in [-0.4, -0.2) is 68.7 Å². The maximum atomic E-state index is 12.2. The molecule has 1 fully saturated rings. The van der Waals surface area contributed by atoms with Crippen LogP contribution in [0.25, 0.3) is 0 Å². The normalized spacial score (nSPS) is 19.4. The Hall–Kier alpha value is -2.30. The molecule has 27 heavy (non-hydrogen) atoms. The zero-order chi connectivity index (χ0) is 19.2. The fourth-order valence-electron chi connectivity index (χ4n) is 3.87. The second kappa shape index (κ2) is 9.07. The minimum Gasteiger partial charge on any atom is -0.493 e. The topological polar surface area (TPSA) is 77.8 Å². The molecule has 0 aromatic heterocycles. The van der Waals surface area contributed by atoms with Crippen molar-refractivity contribution >= 4 is 5.91 Å². The number of rotatable bonds is 7. The zero-order valence-corrected chi connectivity index (χ0v) is 16.2.